The van der Waals surface area contributed by atoms with Crippen LogP contribution in [0.3, 0.4) is 0 Å². The summed E-state index contributed by atoms with van der Waals surface area (Å²) < 4.78 is 7.64. The van der Waals surface area contributed by atoms with Crippen LogP contribution in [0.25, 0.3) is 0 Å². The zero-order chi connectivity index (χ0) is 16.3. The summed E-state index contributed by atoms with van der Waals surface area (Å²) in [4.78, 5) is 25.7. The van der Waals surface area contributed by atoms with Gasteiger partial charge in [0.05, 0.1) is 16.7 Å². The van der Waals surface area contributed by atoms with Crippen LogP contribution >= 0.6 is 15.9 Å². The number of hydrogen-bond donors (Lipinski definition) is 1. The highest BCUT2D eigenvalue weighted by molar-refractivity contribution is 9.10. The Morgan fingerprint density at radius 2 is 2.23 bits per heavy atom. The number of nitrogens with zero attached hydrogens (tertiary/aromatic N) is 3. The molecule has 1 fully saturated rings. The maximum atomic E-state index is 12.2. The molecule has 0 unspecified atom stereocenters. The van der Waals surface area contributed by atoms with E-state index in [0.717, 1.165) is 10.9 Å². The summed E-state index contributed by atoms with van der Waals surface area (Å²) >= 11 is 3.30. The summed E-state index contributed by atoms with van der Waals surface area (Å²) in [6.45, 7) is 6.78. The molecule has 1 atom stereocenters. The van der Waals surface area contributed by atoms with Crippen LogP contribution in [0.15, 0.2) is 16.9 Å². The molecule has 0 spiro atoms. The average Bonchev–Trinajstić information content (AvgIpc) is 2.96. The van der Waals surface area contributed by atoms with Crippen molar-refractivity contribution < 1.29 is 14.3 Å². The number of likely N-dealkylation sites (tertiary alicyclic amines) is 1. The minimum Gasteiger partial charge on any atom is -0.444 e. The number of aromatic nitrogens is 2. The van der Waals surface area contributed by atoms with Crippen molar-refractivity contribution in [1.29, 1.82) is 0 Å². The normalized spacial score (nSPS) is 18.4. The van der Waals surface area contributed by atoms with E-state index in [0.29, 0.717) is 13.1 Å². The van der Waals surface area contributed by atoms with Crippen LogP contribution in [-0.4, -0.2) is 51.4 Å². The molecule has 22 heavy (non-hydrogen) atoms. The molecular weight excluding hydrogens is 352 g/mol. The van der Waals surface area contributed by atoms with Gasteiger partial charge in [0.25, 0.3) is 0 Å². The number of rotatable bonds is 3. The molecule has 2 heterocycles. The van der Waals surface area contributed by atoms with E-state index in [1.54, 1.807) is 22.0 Å². The molecule has 2 amide bonds. The largest absolute Gasteiger partial charge is 0.444 e. The number of carbonyl (C=O) groups is 2. The fourth-order valence-corrected chi connectivity index (χ4v) is 2.57. The molecule has 1 aliphatic heterocycles. The highest BCUT2D eigenvalue weighted by atomic mass is 79.9. The lowest BCUT2D eigenvalue weighted by Crippen LogP contribution is -2.41. The molecule has 8 heteroatoms. The van der Waals surface area contributed by atoms with Crippen LogP contribution in [-0.2, 0) is 16.1 Å². The number of amides is 2. The topological polar surface area (TPSA) is 76.5 Å². The summed E-state index contributed by atoms with van der Waals surface area (Å²) in [7, 11) is 0. The van der Waals surface area contributed by atoms with Crippen molar-refractivity contribution in [3.05, 3.63) is 16.9 Å². The SMILES string of the molecule is CC(C)(C)OC(=O)N[C@@H]1CCN(C(=O)Cn2cc(Br)cn2)C1. The highest BCUT2D eigenvalue weighted by Crippen LogP contribution is 2.13. The van der Waals surface area contributed by atoms with Gasteiger partial charge in [0.15, 0.2) is 0 Å². The smallest absolute Gasteiger partial charge is 0.407 e. The molecule has 1 saturated heterocycles. The molecule has 0 radical (unpaired) electrons. The third kappa shape index (κ3) is 5.01. The third-order valence-corrected chi connectivity index (χ3v) is 3.57. The van der Waals surface area contributed by atoms with Crippen LogP contribution in [0, 0.1) is 0 Å². The summed E-state index contributed by atoms with van der Waals surface area (Å²) in [5.74, 6) is -0.0101. The van der Waals surface area contributed by atoms with Gasteiger partial charge in [-0.25, -0.2) is 4.79 Å². The Balaban J connectivity index is 1.79. The van der Waals surface area contributed by atoms with Crippen LogP contribution in [0.2, 0.25) is 0 Å². The van der Waals surface area contributed by atoms with Gasteiger partial charge in [0, 0.05) is 19.3 Å². The Morgan fingerprint density at radius 3 is 2.82 bits per heavy atom. The van der Waals surface area contributed by atoms with Gasteiger partial charge in [0.2, 0.25) is 5.91 Å². The zero-order valence-corrected chi connectivity index (χ0v) is 14.6. The van der Waals surface area contributed by atoms with Gasteiger partial charge < -0.3 is 15.0 Å². The second-order valence-corrected chi connectivity index (χ2v) is 7.24. The molecule has 0 aliphatic carbocycles. The average molecular weight is 373 g/mol. The van der Waals surface area contributed by atoms with Crippen molar-refractivity contribution >= 4 is 27.9 Å². The van der Waals surface area contributed by atoms with Gasteiger partial charge in [-0.05, 0) is 43.1 Å². The van der Waals surface area contributed by atoms with Crippen molar-refractivity contribution in [1.82, 2.24) is 20.0 Å². The molecule has 0 saturated carbocycles. The minimum absolute atomic E-state index is 0.0101. The minimum atomic E-state index is -0.522. The fourth-order valence-electron chi connectivity index (χ4n) is 2.24. The molecule has 7 nitrogen and oxygen atoms in total. The Labute approximate surface area is 138 Å². The highest BCUT2D eigenvalue weighted by Gasteiger charge is 2.28. The predicted molar refractivity (Wildman–Crippen MR) is 84.3 cm³/mol. The number of carbonyl (C=O) groups excluding carboxylic acids is 2. The van der Waals surface area contributed by atoms with E-state index in [-0.39, 0.29) is 18.5 Å². The first-order chi connectivity index (χ1) is 10.2. The van der Waals surface area contributed by atoms with Crippen molar-refractivity contribution in [2.24, 2.45) is 0 Å². The Morgan fingerprint density at radius 1 is 1.50 bits per heavy atom. The molecule has 1 aromatic rings. The van der Waals surface area contributed by atoms with Crippen LogP contribution in [0.4, 0.5) is 4.79 Å². The van der Waals surface area contributed by atoms with Crippen LogP contribution in [0.1, 0.15) is 27.2 Å². The maximum Gasteiger partial charge on any atom is 0.407 e. The number of nitrogens with one attached hydrogen (secondary N) is 1. The Kier molecular flexibility index (Phi) is 5.10. The summed E-state index contributed by atoms with van der Waals surface area (Å²) in [6.07, 6.45) is 3.69. The quantitative estimate of drug-likeness (QED) is 0.876. The molecular formula is C14H21BrN4O3. The Hall–Kier alpha value is -1.57. The van der Waals surface area contributed by atoms with E-state index >= 15 is 0 Å². The second-order valence-electron chi connectivity index (χ2n) is 6.33. The van der Waals surface area contributed by atoms with Crippen molar-refractivity contribution in [2.45, 2.75) is 45.4 Å². The van der Waals surface area contributed by atoms with Crippen molar-refractivity contribution in [3.8, 4) is 0 Å². The fraction of sp³-hybridized carbons (Fsp3) is 0.643. The number of halogens is 1. The molecule has 1 N–H and O–H groups in total. The predicted octanol–water partition coefficient (Wildman–Crippen LogP) is 1.77. The van der Waals surface area contributed by atoms with Crippen molar-refractivity contribution in [3.63, 3.8) is 0 Å². The lowest BCUT2D eigenvalue weighted by molar-refractivity contribution is -0.131. The van der Waals surface area contributed by atoms with E-state index in [1.165, 1.54) is 0 Å². The van der Waals surface area contributed by atoms with E-state index < -0.39 is 11.7 Å². The second kappa shape index (κ2) is 6.68. The van der Waals surface area contributed by atoms with Gasteiger partial charge in [-0.2, -0.15) is 5.10 Å². The zero-order valence-electron chi connectivity index (χ0n) is 13.0. The van der Waals surface area contributed by atoms with Gasteiger partial charge in [-0.1, -0.05) is 0 Å². The first-order valence-corrected chi connectivity index (χ1v) is 7.97. The molecule has 2 rings (SSSR count). The molecule has 1 aliphatic rings. The van der Waals surface area contributed by atoms with Gasteiger partial charge >= 0.3 is 6.09 Å². The first-order valence-electron chi connectivity index (χ1n) is 7.18. The summed E-state index contributed by atoms with van der Waals surface area (Å²) in [6, 6.07) is -0.0665. The summed E-state index contributed by atoms with van der Waals surface area (Å²) in [5, 5.41) is 6.87. The lowest BCUT2D eigenvalue weighted by Gasteiger charge is -2.22. The van der Waals surface area contributed by atoms with E-state index in [9.17, 15) is 9.59 Å². The standard InChI is InChI=1S/C14H21BrN4O3/c1-14(2,3)22-13(21)17-11-4-5-18(8-11)12(20)9-19-7-10(15)6-16-19/h6-7,11H,4-5,8-9H2,1-3H3,(H,17,21)/t11-/m1/s1. The number of hydrogen-bond acceptors (Lipinski definition) is 4. The molecule has 0 bridgehead atoms. The van der Waals surface area contributed by atoms with E-state index in [1.807, 2.05) is 20.8 Å². The third-order valence-electron chi connectivity index (χ3n) is 3.16. The lowest BCUT2D eigenvalue weighted by atomic mass is 10.2. The molecule has 1 aromatic heterocycles. The van der Waals surface area contributed by atoms with Crippen LogP contribution < -0.4 is 5.32 Å². The Bertz CT molecular complexity index is 553. The van der Waals surface area contributed by atoms with Crippen LogP contribution in [0.5, 0.6) is 0 Å². The molecule has 0 aromatic carbocycles. The van der Waals surface area contributed by atoms with Gasteiger partial charge in [-0.3, -0.25) is 9.48 Å². The van der Waals surface area contributed by atoms with Gasteiger partial charge in [-0.15, -0.1) is 0 Å². The monoisotopic (exact) mass is 372 g/mol. The summed E-state index contributed by atoms with van der Waals surface area (Å²) in [5.41, 5.74) is -0.522. The van der Waals surface area contributed by atoms with E-state index in [2.05, 4.69) is 26.3 Å². The van der Waals surface area contributed by atoms with Crippen molar-refractivity contribution in [2.75, 3.05) is 13.1 Å². The number of ether oxygens (including phenoxy) is 1. The van der Waals surface area contributed by atoms with Gasteiger partial charge in [0.1, 0.15) is 12.1 Å². The first kappa shape index (κ1) is 16.8. The maximum absolute atomic E-state index is 12.2. The van der Waals surface area contributed by atoms with E-state index in [4.69, 9.17) is 4.74 Å². The number of alkyl carbamates (subject to hydrolysis) is 1. The molecule has 122 valence electrons.